The van der Waals surface area contributed by atoms with E-state index in [2.05, 4.69) is 5.32 Å². The van der Waals surface area contributed by atoms with Crippen LogP contribution in [0.3, 0.4) is 0 Å². The molecule has 1 fully saturated rings. The van der Waals surface area contributed by atoms with E-state index < -0.39 is 23.2 Å². The predicted molar refractivity (Wildman–Crippen MR) is 56.9 cm³/mol. The monoisotopic (exact) mass is 221 g/mol. The number of nitrogens with one attached hydrogen (secondary N) is 1. The molecule has 1 rings (SSSR count). The van der Waals surface area contributed by atoms with E-state index in [0.29, 0.717) is 6.54 Å². The zero-order valence-electron chi connectivity index (χ0n) is 10.2. The summed E-state index contributed by atoms with van der Waals surface area (Å²) in [5.74, 6) is -4.48. The lowest BCUT2D eigenvalue weighted by Gasteiger charge is -2.01. The van der Waals surface area contributed by atoms with Gasteiger partial charge in [0.05, 0.1) is 0 Å². The number of hydrogen-bond donors (Lipinski definition) is 1. The van der Waals surface area contributed by atoms with Gasteiger partial charge in [-0.3, -0.25) is 4.79 Å². The smallest absolute Gasteiger partial charge is 0.266 e. The molecule has 0 aromatic carbocycles. The number of carbonyl (C=O) groups is 1. The number of carbonyl (C=O) groups excluding carboxylic acids is 1. The summed E-state index contributed by atoms with van der Waals surface area (Å²) >= 11 is 0. The molecular formula is C11H21F2NO. The van der Waals surface area contributed by atoms with Crippen LogP contribution in [0.1, 0.15) is 41.0 Å². The van der Waals surface area contributed by atoms with Crippen LogP contribution in [0.4, 0.5) is 8.78 Å². The minimum absolute atomic E-state index is 0.474. The first-order valence-corrected chi connectivity index (χ1v) is 5.51. The Labute approximate surface area is 90.4 Å². The second kappa shape index (κ2) is 4.90. The van der Waals surface area contributed by atoms with Crippen molar-refractivity contribution in [1.82, 2.24) is 5.32 Å². The van der Waals surface area contributed by atoms with Crippen molar-refractivity contribution >= 4 is 5.91 Å². The quantitative estimate of drug-likeness (QED) is 0.780. The normalized spacial score (nSPS) is 24.9. The molecule has 0 radical (unpaired) electrons. The Balaban J connectivity index is 0.000000921. The van der Waals surface area contributed by atoms with Crippen LogP contribution in [0, 0.1) is 11.3 Å². The van der Waals surface area contributed by atoms with Crippen LogP contribution in [0.25, 0.3) is 0 Å². The van der Waals surface area contributed by atoms with Gasteiger partial charge in [-0.15, -0.1) is 0 Å². The number of amides is 1. The Bertz CT molecular complexity index is 213. The molecule has 4 heteroatoms. The predicted octanol–water partition coefficient (Wildman–Crippen LogP) is 2.83. The topological polar surface area (TPSA) is 29.1 Å². The molecule has 0 aromatic heterocycles. The fourth-order valence-corrected chi connectivity index (χ4v) is 1.50. The van der Waals surface area contributed by atoms with E-state index in [9.17, 15) is 13.6 Å². The summed E-state index contributed by atoms with van der Waals surface area (Å²) in [5, 5.41) is 2.49. The standard InChI is InChI=1S/C9H15F2NO.C2H6/c1-4-5-12-7(13)6-8(2,3)9(6,10)11;1-2/h6H,4-5H2,1-3H3,(H,12,13);1-2H3. The van der Waals surface area contributed by atoms with Crippen LogP contribution in [0.15, 0.2) is 0 Å². The lowest BCUT2D eigenvalue weighted by atomic mass is 10.1. The summed E-state index contributed by atoms with van der Waals surface area (Å²) in [7, 11) is 0. The summed E-state index contributed by atoms with van der Waals surface area (Å²) in [6, 6.07) is 0. The summed E-state index contributed by atoms with van der Waals surface area (Å²) in [6.45, 7) is 9.20. The second-order valence-corrected chi connectivity index (χ2v) is 4.07. The second-order valence-electron chi connectivity index (χ2n) is 4.07. The summed E-state index contributed by atoms with van der Waals surface area (Å²) in [6.07, 6.45) is 0.768. The Kier molecular flexibility index (Phi) is 4.68. The highest BCUT2D eigenvalue weighted by atomic mass is 19.3. The first-order valence-electron chi connectivity index (χ1n) is 5.51. The lowest BCUT2D eigenvalue weighted by Crippen LogP contribution is -2.28. The SMILES string of the molecule is CC.CCCNC(=O)C1C(C)(C)C1(F)F. The Hall–Kier alpha value is -0.670. The zero-order valence-corrected chi connectivity index (χ0v) is 10.2. The van der Waals surface area contributed by atoms with E-state index >= 15 is 0 Å². The molecule has 90 valence electrons. The highest BCUT2D eigenvalue weighted by Gasteiger charge is 2.78. The van der Waals surface area contributed by atoms with Crippen molar-refractivity contribution < 1.29 is 13.6 Å². The van der Waals surface area contributed by atoms with Gasteiger partial charge < -0.3 is 5.32 Å². The van der Waals surface area contributed by atoms with Crippen molar-refractivity contribution in [2.24, 2.45) is 11.3 Å². The maximum Gasteiger partial charge on any atom is 0.266 e. The van der Waals surface area contributed by atoms with Gasteiger partial charge in [0.25, 0.3) is 5.92 Å². The van der Waals surface area contributed by atoms with Gasteiger partial charge in [-0.25, -0.2) is 8.78 Å². The van der Waals surface area contributed by atoms with E-state index in [-0.39, 0.29) is 0 Å². The van der Waals surface area contributed by atoms with Crippen molar-refractivity contribution in [1.29, 1.82) is 0 Å². The molecule has 0 aromatic rings. The molecule has 15 heavy (non-hydrogen) atoms. The van der Waals surface area contributed by atoms with E-state index in [1.165, 1.54) is 13.8 Å². The first kappa shape index (κ1) is 14.3. The molecule has 0 aliphatic heterocycles. The summed E-state index contributed by atoms with van der Waals surface area (Å²) in [4.78, 5) is 11.2. The Morgan fingerprint density at radius 2 is 1.73 bits per heavy atom. The van der Waals surface area contributed by atoms with E-state index in [0.717, 1.165) is 6.42 Å². The van der Waals surface area contributed by atoms with Crippen LogP contribution in [0.2, 0.25) is 0 Å². The molecule has 1 saturated carbocycles. The lowest BCUT2D eigenvalue weighted by molar-refractivity contribution is -0.124. The first-order chi connectivity index (χ1) is 6.85. The highest BCUT2D eigenvalue weighted by Crippen LogP contribution is 2.65. The Morgan fingerprint density at radius 1 is 1.33 bits per heavy atom. The fourth-order valence-electron chi connectivity index (χ4n) is 1.50. The van der Waals surface area contributed by atoms with Crippen LogP contribution < -0.4 is 5.32 Å². The van der Waals surface area contributed by atoms with Crippen LogP contribution in [-0.2, 0) is 4.79 Å². The van der Waals surface area contributed by atoms with Gasteiger partial charge in [0, 0.05) is 12.0 Å². The largest absolute Gasteiger partial charge is 0.356 e. The molecule has 1 unspecified atom stereocenters. The molecule has 1 aliphatic rings. The van der Waals surface area contributed by atoms with Crippen molar-refractivity contribution in [3.63, 3.8) is 0 Å². The zero-order chi connectivity index (χ0) is 12.3. The van der Waals surface area contributed by atoms with Gasteiger partial charge in [-0.2, -0.15) is 0 Å². The molecule has 0 saturated heterocycles. The molecule has 0 spiro atoms. The maximum absolute atomic E-state index is 13.0. The van der Waals surface area contributed by atoms with Gasteiger partial charge in [0.2, 0.25) is 5.91 Å². The minimum Gasteiger partial charge on any atom is -0.356 e. The van der Waals surface area contributed by atoms with E-state index in [4.69, 9.17) is 0 Å². The summed E-state index contributed by atoms with van der Waals surface area (Å²) < 4.78 is 26.0. The van der Waals surface area contributed by atoms with E-state index in [1.54, 1.807) is 0 Å². The van der Waals surface area contributed by atoms with Gasteiger partial charge in [0.1, 0.15) is 5.92 Å². The third kappa shape index (κ3) is 2.47. The highest BCUT2D eigenvalue weighted by molar-refractivity contribution is 5.84. The van der Waals surface area contributed by atoms with Crippen molar-refractivity contribution in [2.45, 2.75) is 47.0 Å². The van der Waals surface area contributed by atoms with Crippen LogP contribution >= 0.6 is 0 Å². The number of hydrogen-bond acceptors (Lipinski definition) is 1. The molecule has 1 amide bonds. The van der Waals surface area contributed by atoms with Crippen LogP contribution in [-0.4, -0.2) is 18.4 Å². The van der Waals surface area contributed by atoms with Crippen molar-refractivity contribution in [3.8, 4) is 0 Å². The van der Waals surface area contributed by atoms with Gasteiger partial charge in [-0.05, 0) is 6.42 Å². The Morgan fingerprint density at radius 3 is 2.00 bits per heavy atom. The molecular weight excluding hydrogens is 200 g/mol. The molecule has 0 heterocycles. The molecule has 1 aliphatic carbocycles. The third-order valence-electron chi connectivity index (χ3n) is 2.67. The maximum atomic E-state index is 13.0. The molecule has 1 N–H and O–H groups in total. The third-order valence-corrected chi connectivity index (χ3v) is 2.67. The molecule has 1 atom stereocenters. The average molecular weight is 221 g/mol. The molecule has 2 nitrogen and oxygen atoms in total. The molecule has 0 bridgehead atoms. The number of rotatable bonds is 3. The number of halogens is 2. The van der Waals surface area contributed by atoms with E-state index in [1.807, 2.05) is 20.8 Å². The fraction of sp³-hybridized carbons (Fsp3) is 0.909. The van der Waals surface area contributed by atoms with Gasteiger partial charge >= 0.3 is 0 Å². The number of alkyl halides is 2. The summed E-state index contributed by atoms with van der Waals surface area (Å²) in [5.41, 5.74) is -1.16. The average Bonchev–Trinajstić information content (AvgIpc) is 2.57. The van der Waals surface area contributed by atoms with Crippen molar-refractivity contribution in [2.75, 3.05) is 6.54 Å². The van der Waals surface area contributed by atoms with Gasteiger partial charge in [-0.1, -0.05) is 34.6 Å². The van der Waals surface area contributed by atoms with Crippen molar-refractivity contribution in [3.05, 3.63) is 0 Å². The minimum atomic E-state index is -2.83. The van der Waals surface area contributed by atoms with Gasteiger partial charge in [0.15, 0.2) is 0 Å². The van der Waals surface area contributed by atoms with Crippen LogP contribution in [0.5, 0.6) is 0 Å².